The predicted octanol–water partition coefficient (Wildman–Crippen LogP) is 5.18. The summed E-state index contributed by atoms with van der Waals surface area (Å²) in [5.74, 6) is 2.65. The minimum absolute atomic E-state index is 0.144. The van der Waals surface area contributed by atoms with Gasteiger partial charge in [-0.1, -0.05) is 30.7 Å². The Morgan fingerprint density at radius 2 is 1.68 bits per heavy atom. The van der Waals surface area contributed by atoms with Crippen LogP contribution in [0.25, 0.3) is 0 Å². The largest absolute Gasteiger partial charge is 0.497 e. The lowest BCUT2D eigenvalue weighted by atomic mass is 9.79. The molecule has 4 rings (SSSR count). The molecule has 1 aliphatic carbocycles. The Hall–Kier alpha value is -2.24. The number of benzene rings is 2. The van der Waals surface area contributed by atoms with Crippen LogP contribution in [0.15, 0.2) is 48.5 Å². The Morgan fingerprint density at radius 1 is 1.03 bits per heavy atom. The van der Waals surface area contributed by atoms with Gasteiger partial charge in [0.25, 0.3) is 0 Å². The summed E-state index contributed by atoms with van der Waals surface area (Å²) in [4.78, 5) is 28.8. The van der Waals surface area contributed by atoms with E-state index < -0.39 is 5.16 Å². The zero-order valence-electron chi connectivity index (χ0n) is 19.8. The van der Waals surface area contributed by atoms with Crippen LogP contribution in [0.3, 0.4) is 0 Å². The van der Waals surface area contributed by atoms with E-state index in [1.807, 2.05) is 53.4 Å². The first-order valence-electron chi connectivity index (χ1n) is 11.7. The molecule has 1 heterocycles. The van der Waals surface area contributed by atoms with Crippen molar-refractivity contribution < 1.29 is 19.1 Å². The van der Waals surface area contributed by atoms with Crippen LogP contribution in [0.2, 0.25) is 0 Å². The van der Waals surface area contributed by atoms with Gasteiger partial charge in [0.2, 0.25) is 0 Å². The second-order valence-electron chi connectivity index (χ2n) is 8.92. The zero-order chi connectivity index (χ0) is 24.1. The highest BCUT2D eigenvalue weighted by atomic mass is 32.2. The number of hydrogen-bond acceptors (Lipinski definition) is 5. The second kappa shape index (κ2) is 11.0. The van der Waals surface area contributed by atoms with E-state index in [4.69, 9.17) is 9.47 Å². The minimum atomic E-state index is -0.602. The van der Waals surface area contributed by atoms with Crippen molar-refractivity contribution in [2.24, 2.45) is 0 Å². The normalized spacial score (nSPS) is 25.8. The molecule has 1 saturated carbocycles. The van der Waals surface area contributed by atoms with Gasteiger partial charge in [0.05, 0.1) is 25.4 Å². The Kier molecular flexibility index (Phi) is 8.05. The molecule has 0 aromatic heterocycles. The molecule has 182 valence electrons. The van der Waals surface area contributed by atoms with Crippen LogP contribution in [0.1, 0.15) is 48.6 Å². The van der Waals surface area contributed by atoms with Gasteiger partial charge < -0.3 is 19.7 Å². The van der Waals surface area contributed by atoms with Gasteiger partial charge in [0.15, 0.2) is 0 Å². The first-order chi connectivity index (χ1) is 16.4. The molecule has 0 spiro atoms. The summed E-state index contributed by atoms with van der Waals surface area (Å²) in [6.45, 7) is 0.434. The summed E-state index contributed by atoms with van der Waals surface area (Å²) in [5.41, 5.74) is 2.03. The molecular weight excluding hydrogens is 467 g/mol. The van der Waals surface area contributed by atoms with Crippen molar-refractivity contribution in [2.45, 2.75) is 55.2 Å². The number of hydrogen-bond donors (Lipinski definition) is 1. The smallest absolute Gasteiger partial charge is 0.319 e. The first kappa shape index (κ1) is 24.9. The summed E-state index contributed by atoms with van der Waals surface area (Å²) in [6.07, 6.45) is 4.07. The fourth-order valence-electron chi connectivity index (χ4n) is 4.86. The van der Waals surface area contributed by atoms with Gasteiger partial charge in [-0.3, -0.25) is 4.79 Å². The lowest BCUT2D eigenvalue weighted by Crippen LogP contribution is -2.59. The molecule has 1 saturated heterocycles. The molecule has 2 aromatic carbocycles. The van der Waals surface area contributed by atoms with E-state index in [0.717, 1.165) is 54.1 Å². The molecule has 4 unspecified atom stereocenters. The number of carbonyl (C=O) groups is 2. The van der Waals surface area contributed by atoms with Crippen molar-refractivity contribution in [1.82, 2.24) is 10.2 Å². The standard InChI is InChI=1S/C26H33N2O4PS/c1-31-20-10-6-18(7-11-20)17-28-22(26(33)15-4-3-5-23(26)29)14-16-34-24(27-25(28)30)19-8-12-21(32-2)13-9-19/h6-13,22,24H,3-5,14-17,33H2,1-2H3,(H,27,30). The van der Waals surface area contributed by atoms with E-state index in [1.54, 1.807) is 26.0 Å². The fraction of sp³-hybridized carbons (Fsp3) is 0.462. The molecule has 2 aromatic rings. The maximum Gasteiger partial charge on any atom is 0.319 e. The number of Topliss-reactive ketones (excluding diaryl/α,β-unsaturated/α-hetero) is 1. The third-order valence-corrected chi connectivity index (χ3v) is 9.05. The van der Waals surface area contributed by atoms with E-state index >= 15 is 0 Å². The summed E-state index contributed by atoms with van der Waals surface area (Å²) in [6, 6.07) is 15.3. The van der Waals surface area contributed by atoms with Gasteiger partial charge in [0, 0.05) is 13.0 Å². The lowest BCUT2D eigenvalue weighted by Gasteiger charge is -2.46. The van der Waals surface area contributed by atoms with Crippen LogP contribution in [-0.4, -0.2) is 47.9 Å². The van der Waals surface area contributed by atoms with Crippen LogP contribution in [0.4, 0.5) is 4.79 Å². The second-order valence-corrected chi connectivity index (χ2v) is 11.2. The Labute approximate surface area is 208 Å². The molecular formula is C26H33N2O4PS. The average molecular weight is 501 g/mol. The van der Waals surface area contributed by atoms with Crippen molar-refractivity contribution in [1.29, 1.82) is 0 Å². The van der Waals surface area contributed by atoms with Gasteiger partial charge in [0.1, 0.15) is 22.7 Å². The van der Waals surface area contributed by atoms with E-state index in [2.05, 4.69) is 14.6 Å². The maximum absolute atomic E-state index is 13.7. The van der Waals surface area contributed by atoms with Gasteiger partial charge in [-0.05, 0) is 60.4 Å². The van der Waals surface area contributed by atoms with Gasteiger partial charge >= 0.3 is 6.03 Å². The number of thioether (sulfide) groups is 1. The van der Waals surface area contributed by atoms with Crippen LogP contribution < -0.4 is 14.8 Å². The summed E-state index contributed by atoms with van der Waals surface area (Å²) in [5, 5.41) is 2.46. The van der Waals surface area contributed by atoms with E-state index in [1.165, 1.54) is 0 Å². The maximum atomic E-state index is 13.7. The van der Waals surface area contributed by atoms with Gasteiger partial charge in [-0.25, -0.2) is 4.79 Å². The van der Waals surface area contributed by atoms with Crippen LogP contribution >= 0.6 is 21.0 Å². The molecule has 1 aliphatic heterocycles. The van der Waals surface area contributed by atoms with Gasteiger partial charge in [-0.15, -0.1) is 21.0 Å². The number of ketones is 1. The number of urea groups is 1. The Balaban J connectivity index is 1.63. The van der Waals surface area contributed by atoms with Crippen molar-refractivity contribution in [3.05, 3.63) is 59.7 Å². The van der Waals surface area contributed by atoms with Crippen molar-refractivity contribution in [2.75, 3.05) is 20.0 Å². The lowest BCUT2D eigenvalue weighted by molar-refractivity contribution is -0.124. The van der Waals surface area contributed by atoms with Crippen LogP contribution in [-0.2, 0) is 11.3 Å². The molecule has 6 nitrogen and oxygen atoms in total. The zero-order valence-corrected chi connectivity index (χ0v) is 21.8. The van der Waals surface area contributed by atoms with Crippen LogP contribution in [0, 0.1) is 0 Å². The van der Waals surface area contributed by atoms with Crippen LogP contribution in [0.5, 0.6) is 11.5 Å². The number of nitrogens with zero attached hydrogens (tertiary/aromatic N) is 1. The first-order valence-corrected chi connectivity index (χ1v) is 13.3. The number of amides is 2. The third-order valence-electron chi connectivity index (χ3n) is 6.86. The molecule has 1 N–H and O–H groups in total. The molecule has 2 aliphatic rings. The monoisotopic (exact) mass is 500 g/mol. The van der Waals surface area contributed by atoms with Gasteiger partial charge in [-0.2, -0.15) is 0 Å². The minimum Gasteiger partial charge on any atom is -0.497 e. The number of methoxy groups -OCH3 is 2. The molecule has 8 heteroatoms. The third kappa shape index (κ3) is 5.36. The summed E-state index contributed by atoms with van der Waals surface area (Å²) < 4.78 is 10.6. The number of carbonyl (C=O) groups excluding carboxylic acids is 2. The van der Waals surface area contributed by atoms with Crippen molar-refractivity contribution >= 4 is 32.8 Å². The highest BCUT2D eigenvalue weighted by Gasteiger charge is 2.47. The van der Waals surface area contributed by atoms with E-state index in [9.17, 15) is 9.59 Å². The average Bonchev–Trinajstić information content (AvgIpc) is 2.86. The summed E-state index contributed by atoms with van der Waals surface area (Å²) in [7, 11) is 6.14. The SMILES string of the molecule is COc1ccc(CN2C(=O)NC(c3ccc(OC)cc3)SCCC2C2(P)CCCCC2=O)cc1. The molecule has 2 amide bonds. The fourth-order valence-corrected chi connectivity index (χ4v) is 6.69. The highest BCUT2D eigenvalue weighted by Crippen LogP contribution is 2.42. The molecule has 4 atom stereocenters. The topological polar surface area (TPSA) is 67.9 Å². The molecule has 0 bridgehead atoms. The van der Waals surface area contributed by atoms with E-state index in [-0.39, 0.29) is 23.2 Å². The Bertz CT molecular complexity index is 1000. The highest BCUT2D eigenvalue weighted by molar-refractivity contribution is 7.99. The summed E-state index contributed by atoms with van der Waals surface area (Å²) >= 11 is 1.71. The molecule has 34 heavy (non-hydrogen) atoms. The van der Waals surface area contributed by atoms with Crippen molar-refractivity contribution in [3.8, 4) is 11.5 Å². The van der Waals surface area contributed by atoms with Crippen molar-refractivity contribution in [3.63, 3.8) is 0 Å². The number of rotatable bonds is 6. The molecule has 2 fully saturated rings. The number of ether oxygens (including phenoxy) is 2. The Morgan fingerprint density at radius 3 is 2.29 bits per heavy atom. The quantitative estimate of drug-likeness (QED) is 0.554. The van der Waals surface area contributed by atoms with E-state index in [0.29, 0.717) is 13.0 Å². The predicted molar refractivity (Wildman–Crippen MR) is 140 cm³/mol. The number of nitrogens with one attached hydrogen (secondary N) is 1. The molecule has 0 radical (unpaired) electrons.